The molecular formula is C6H9N5. The van der Waals surface area contributed by atoms with Gasteiger partial charge in [-0.2, -0.15) is 0 Å². The Morgan fingerprint density at radius 3 is 2.09 bits per heavy atom. The van der Waals surface area contributed by atoms with Crippen LogP contribution in [0.15, 0.2) is 6.33 Å². The standard InChI is InChI=1S/C6H9N5/c1-3(7)4-5(8)10-2-11-6(4)9/h2,7H,1H3,(H4,8,9,10,11). The lowest BCUT2D eigenvalue weighted by molar-refractivity contribution is 1.17. The molecular weight excluding hydrogens is 142 g/mol. The van der Waals surface area contributed by atoms with Gasteiger partial charge in [0.15, 0.2) is 0 Å². The largest absolute Gasteiger partial charge is 0.383 e. The minimum Gasteiger partial charge on any atom is -0.383 e. The van der Waals surface area contributed by atoms with Crippen LogP contribution in [-0.2, 0) is 0 Å². The second-order valence-electron chi connectivity index (χ2n) is 2.14. The molecule has 0 saturated carbocycles. The van der Waals surface area contributed by atoms with E-state index in [0.717, 1.165) is 0 Å². The van der Waals surface area contributed by atoms with Crippen molar-refractivity contribution in [2.24, 2.45) is 0 Å². The van der Waals surface area contributed by atoms with Crippen LogP contribution in [0.3, 0.4) is 0 Å². The zero-order valence-corrected chi connectivity index (χ0v) is 6.13. The van der Waals surface area contributed by atoms with E-state index in [9.17, 15) is 0 Å². The van der Waals surface area contributed by atoms with Crippen molar-refractivity contribution in [3.05, 3.63) is 11.9 Å². The van der Waals surface area contributed by atoms with Gasteiger partial charge in [-0.15, -0.1) is 0 Å². The molecule has 0 aromatic carbocycles. The van der Waals surface area contributed by atoms with E-state index in [1.807, 2.05) is 0 Å². The number of anilines is 2. The fourth-order valence-corrected chi connectivity index (χ4v) is 0.798. The summed E-state index contributed by atoms with van der Waals surface area (Å²) in [5.41, 5.74) is 11.6. The van der Waals surface area contributed by atoms with E-state index in [2.05, 4.69) is 9.97 Å². The van der Waals surface area contributed by atoms with Crippen molar-refractivity contribution in [1.29, 1.82) is 5.41 Å². The molecule has 1 aromatic rings. The first-order chi connectivity index (χ1) is 5.13. The Morgan fingerprint density at radius 1 is 1.36 bits per heavy atom. The van der Waals surface area contributed by atoms with Crippen LogP contribution in [-0.4, -0.2) is 15.7 Å². The van der Waals surface area contributed by atoms with Crippen molar-refractivity contribution in [2.75, 3.05) is 11.5 Å². The van der Waals surface area contributed by atoms with Crippen molar-refractivity contribution in [3.8, 4) is 0 Å². The fraction of sp³-hybridized carbons (Fsp3) is 0.167. The van der Waals surface area contributed by atoms with Crippen LogP contribution < -0.4 is 11.5 Å². The van der Waals surface area contributed by atoms with Gasteiger partial charge in [-0.1, -0.05) is 0 Å². The predicted octanol–water partition coefficient (Wildman–Crippen LogP) is 0.0288. The Balaban J connectivity index is 3.32. The Morgan fingerprint density at radius 2 is 1.82 bits per heavy atom. The molecule has 0 atom stereocenters. The molecule has 0 aliphatic heterocycles. The Labute approximate surface area is 64.0 Å². The zero-order chi connectivity index (χ0) is 8.43. The van der Waals surface area contributed by atoms with Crippen LogP contribution in [0.2, 0.25) is 0 Å². The average molecular weight is 151 g/mol. The van der Waals surface area contributed by atoms with Crippen molar-refractivity contribution < 1.29 is 0 Å². The van der Waals surface area contributed by atoms with Crippen LogP contribution in [0.1, 0.15) is 12.5 Å². The molecule has 0 bridgehead atoms. The highest BCUT2D eigenvalue weighted by atomic mass is 15.0. The van der Waals surface area contributed by atoms with Gasteiger partial charge in [0.25, 0.3) is 0 Å². The Hall–Kier alpha value is -1.65. The van der Waals surface area contributed by atoms with Gasteiger partial charge in [0, 0.05) is 5.71 Å². The van der Waals surface area contributed by atoms with Crippen LogP contribution in [0.4, 0.5) is 11.6 Å². The van der Waals surface area contributed by atoms with Gasteiger partial charge in [0.2, 0.25) is 0 Å². The van der Waals surface area contributed by atoms with Crippen molar-refractivity contribution in [1.82, 2.24) is 9.97 Å². The van der Waals surface area contributed by atoms with E-state index in [1.165, 1.54) is 6.33 Å². The summed E-state index contributed by atoms with van der Waals surface area (Å²) in [5.74, 6) is 0.509. The van der Waals surface area contributed by atoms with Gasteiger partial charge in [0.1, 0.15) is 18.0 Å². The molecule has 11 heavy (non-hydrogen) atoms. The maximum atomic E-state index is 7.28. The molecule has 5 nitrogen and oxygen atoms in total. The normalized spacial score (nSPS) is 9.55. The predicted molar refractivity (Wildman–Crippen MR) is 43.4 cm³/mol. The van der Waals surface area contributed by atoms with Gasteiger partial charge in [-0.3, -0.25) is 0 Å². The fourth-order valence-electron chi connectivity index (χ4n) is 0.798. The highest BCUT2D eigenvalue weighted by Gasteiger charge is 2.06. The minimum atomic E-state index is 0.255. The monoisotopic (exact) mass is 151 g/mol. The minimum absolute atomic E-state index is 0.255. The first kappa shape index (κ1) is 7.46. The summed E-state index contributed by atoms with van der Waals surface area (Å²) in [6.07, 6.45) is 1.27. The number of nitrogens with two attached hydrogens (primary N) is 2. The number of hydrogen-bond donors (Lipinski definition) is 3. The van der Waals surface area contributed by atoms with E-state index in [0.29, 0.717) is 5.56 Å². The van der Waals surface area contributed by atoms with Gasteiger partial charge >= 0.3 is 0 Å². The number of hydrogen-bond acceptors (Lipinski definition) is 5. The van der Waals surface area contributed by atoms with E-state index >= 15 is 0 Å². The third-order valence-electron chi connectivity index (χ3n) is 1.28. The lowest BCUT2D eigenvalue weighted by atomic mass is 10.2. The Kier molecular flexibility index (Phi) is 1.72. The highest BCUT2D eigenvalue weighted by molar-refractivity contribution is 6.03. The number of rotatable bonds is 1. The SMILES string of the molecule is CC(=N)c1c(N)ncnc1N. The number of nitrogens with one attached hydrogen (secondary N) is 1. The van der Waals surface area contributed by atoms with Crippen LogP contribution in [0, 0.1) is 5.41 Å². The molecule has 1 aromatic heterocycles. The molecule has 0 aliphatic rings. The van der Waals surface area contributed by atoms with Gasteiger partial charge in [-0.25, -0.2) is 9.97 Å². The van der Waals surface area contributed by atoms with Crippen LogP contribution in [0.25, 0.3) is 0 Å². The summed E-state index contributed by atoms with van der Waals surface area (Å²) in [6.45, 7) is 1.59. The van der Waals surface area contributed by atoms with Gasteiger partial charge in [0.05, 0.1) is 5.56 Å². The molecule has 58 valence electrons. The van der Waals surface area contributed by atoms with E-state index in [1.54, 1.807) is 6.92 Å². The smallest absolute Gasteiger partial charge is 0.138 e. The molecule has 0 unspecified atom stereocenters. The van der Waals surface area contributed by atoms with E-state index in [-0.39, 0.29) is 17.3 Å². The second-order valence-corrected chi connectivity index (χ2v) is 2.14. The summed E-state index contributed by atoms with van der Waals surface area (Å²) in [4.78, 5) is 7.41. The number of nitrogen functional groups attached to an aromatic ring is 2. The van der Waals surface area contributed by atoms with Crippen molar-refractivity contribution >= 4 is 17.3 Å². The molecule has 1 rings (SSSR count). The third-order valence-corrected chi connectivity index (χ3v) is 1.28. The lowest BCUT2D eigenvalue weighted by Crippen LogP contribution is -2.08. The van der Waals surface area contributed by atoms with Crippen LogP contribution >= 0.6 is 0 Å². The molecule has 1 heterocycles. The number of nitrogens with zero attached hydrogens (tertiary/aromatic N) is 2. The highest BCUT2D eigenvalue weighted by Crippen LogP contribution is 2.13. The molecule has 0 amide bonds. The topological polar surface area (TPSA) is 102 Å². The van der Waals surface area contributed by atoms with Crippen molar-refractivity contribution in [3.63, 3.8) is 0 Å². The third kappa shape index (κ3) is 1.26. The molecule has 0 aliphatic carbocycles. The van der Waals surface area contributed by atoms with E-state index in [4.69, 9.17) is 16.9 Å². The summed E-state index contributed by atoms with van der Waals surface area (Å²) in [6, 6.07) is 0. The molecule has 0 saturated heterocycles. The first-order valence-electron chi connectivity index (χ1n) is 3.04. The molecule has 0 spiro atoms. The molecule has 0 fully saturated rings. The van der Waals surface area contributed by atoms with Crippen LogP contribution in [0.5, 0.6) is 0 Å². The molecule has 0 radical (unpaired) electrons. The summed E-state index contributed by atoms with van der Waals surface area (Å²) in [7, 11) is 0. The molecule has 5 N–H and O–H groups in total. The average Bonchev–Trinajstić information content (AvgIpc) is 1.85. The summed E-state index contributed by atoms with van der Waals surface area (Å²) < 4.78 is 0. The summed E-state index contributed by atoms with van der Waals surface area (Å²) in [5, 5.41) is 7.28. The first-order valence-corrected chi connectivity index (χ1v) is 3.04. The lowest BCUT2D eigenvalue weighted by Gasteiger charge is -2.03. The maximum Gasteiger partial charge on any atom is 0.138 e. The second kappa shape index (κ2) is 2.53. The van der Waals surface area contributed by atoms with Gasteiger partial charge < -0.3 is 16.9 Å². The zero-order valence-electron chi connectivity index (χ0n) is 6.13. The quantitative estimate of drug-likeness (QED) is 0.492. The van der Waals surface area contributed by atoms with Gasteiger partial charge in [-0.05, 0) is 6.92 Å². The number of aromatic nitrogens is 2. The Bertz CT molecular complexity index is 273. The summed E-state index contributed by atoms with van der Waals surface area (Å²) >= 11 is 0. The van der Waals surface area contributed by atoms with E-state index < -0.39 is 0 Å². The molecule has 5 heteroatoms. The van der Waals surface area contributed by atoms with Crippen molar-refractivity contribution in [2.45, 2.75) is 6.92 Å². The maximum absolute atomic E-state index is 7.28.